The molecule has 8 heteroatoms. The number of halogens is 1. The van der Waals surface area contributed by atoms with E-state index in [4.69, 9.17) is 16.7 Å². The molecule has 1 aliphatic rings. The van der Waals surface area contributed by atoms with E-state index in [1.807, 2.05) is 6.92 Å². The Labute approximate surface area is 117 Å². The van der Waals surface area contributed by atoms with Crippen LogP contribution in [-0.4, -0.2) is 30.7 Å². The molecule has 2 rings (SSSR count). The highest BCUT2D eigenvalue weighted by Crippen LogP contribution is 2.39. The van der Waals surface area contributed by atoms with Crippen LogP contribution in [0.1, 0.15) is 36.6 Å². The minimum atomic E-state index is -3.41. The molecule has 1 aromatic rings. The van der Waals surface area contributed by atoms with Crippen molar-refractivity contribution < 1.29 is 8.42 Å². The summed E-state index contributed by atoms with van der Waals surface area (Å²) in [6.45, 7) is 2.32. The maximum Gasteiger partial charge on any atom is 0.209 e. The lowest BCUT2D eigenvalue weighted by Crippen LogP contribution is -2.19. The molecule has 0 radical (unpaired) electrons. The third-order valence-corrected chi connectivity index (χ3v) is 4.17. The van der Waals surface area contributed by atoms with E-state index in [2.05, 4.69) is 15.3 Å². The van der Waals surface area contributed by atoms with Crippen molar-refractivity contribution in [1.29, 1.82) is 0 Å². The molecule has 0 aliphatic heterocycles. The van der Waals surface area contributed by atoms with E-state index in [-0.39, 0.29) is 5.75 Å². The average molecular weight is 305 g/mol. The molecule has 1 saturated carbocycles. The molecule has 1 aliphatic carbocycles. The Kier molecular flexibility index (Phi) is 4.27. The zero-order chi connectivity index (χ0) is 14.0. The first kappa shape index (κ1) is 14.5. The Balaban J connectivity index is 1.99. The number of aromatic nitrogens is 2. The van der Waals surface area contributed by atoms with Gasteiger partial charge in [-0.25, -0.2) is 23.5 Å². The molecule has 19 heavy (non-hydrogen) atoms. The minimum absolute atomic E-state index is 0.0483. The molecule has 3 N–H and O–H groups in total. The highest BCUT2D eigenvalue weighted by molar-refractivity contribution is 7.89. The van der Waals surface area contributed by atoms with Gasteiger partial charge in [-0.15, -0.1) is 0 Å². The molecule has 1 fully saturated rings. The van der Waals surface area contributed by atoms with Crippen LogP contribution in [0.2, 0.25) is 5.15 Å². The van der Waals surface area contributed by atoms with Crippen molar-refractivity contribution in [3.63, 3.8) is 0 Å². The zero-order valence-electron chi connectivity index (χ0n) is 10.7. The Morgan fingerprint density at radius 2 is 2.11 bits per heavy atom. The van der Waals surface area contributed by atoms with E-state index in [0.29, 0.717) is 29.9 Å². The fourth-order valence-corrected chi connectivity index (χ4v) is 2.40. The summed E-state index contributed by atoms with van der Waals surface area (Å²) in [6, 6.07) is 0. The lowest BCUT2D eigenvalue weighted by molar-refractivity contribution is 0.595. The zero-order valence-corrected chi connectivity index (χ0v) is 12.3. The second-order valence-electron chi connectivity index (χ2n) is 4.77. The van der Waals surface area contributed by atoms with E-state index in [9.17, 15) is 8.42 Å². The number of nitrogens with zero attached hydrogens (tertiary/aromatic N) is 2. The fraction of sp³-hybridized carbons (Fsp3) is 0.636. The van der Waals surface area contributed by atoms with Gasteiger partial charge in [-0.1, -0.05) is 11.6 Å². The number of hydrogen-bond donors (Lipinski definition) is 2. The first-order chi connectivity index (χ1) is 8.87. The van der Waals surface area contributed by atoms with Crippen molar-refractivity contribution in [3.8, 4) is 0 Å². The molecule has 0 spiro atoms. The molecule has 106 valence electrons. The lowest BCUT2D eigenvalue weighted by atomic mass is 10.3. The number of sulfonamides is 1. The number of nitrogens with one attached hydrogen (secondary N) is 1. The quantitative estimate of drug-likeness (QED) is 0.611. The van der Waals surface area contributed by atoms with Crippen LogP contribution in [0.25, 0.3) is 0 Å². The molecule has 0 aromatic carbocycles. The molecule has 1 aromatic heterocycles. The summed E-state index contributed by atoms with van der Waals surface area (Å²) in [6.07, 6.45) is 2.63. The van der Waals surface area contributed by atoms with Gasteiger partial charge in [0.25, 0.3) is 0 Å². The van der Waals surface area contributed by atoms with Crippen molar-refractivity contribution in [2.75, 3.05) is 17.6 Å². The molecule has 1 heterocycles. The van der Waals surface area contributed by atoms with Gasteiger partial charge in [-0.3, -0.25) is 0 Å². The van der Waals surface area contributed by atoms with Gasteiger partial charge in [-0.05, 0) is 26.2 Å². The second-order valence-corrected chi connectivity index (χ2v) is 6.86. The maximum absolute atomic E-state index is 10.8. The molecule has 0 amide bonds. The fourth-order valence-electron chi connectivity index (χ4n) is 1.68. The van der Waals surface area contributed by atoms with Gasteiger partial charge < -0.3 is 5.32 Å². The first-order valence-electron chi connectivity index (χ1n) is 6.15. The van der Waals surface area contributed by atoms with Crippen LogP contribution in [0.5, 0.6) is 0 Å². The lowest BCUT2D eigenvalue weighted by Gasteiger charge is -2.10. The van der Waals surface area contributed by atoms with Gasteiger partial charge >= 0.3 is 0 Å². The summed E-state index contributed by atoms with van der Waals surface area (Å²) in [7, 11) is -3.41. The van der Waals surface area contributed by atoms with Gasteiger partial charge in [0.05, 0.1) is 5.75 Å². The van der Waals surface area contributed by atoms with Crippen LogP contribution in [0.4, 0.5) is 5.82 Å². The summed E-state index contributed by atoms with van der Waals surface area (Å²) in [4.78, 5) is 8.70. The van der Waals surface area contributed by atoms with Crippen LogP contribution in [-0.2, 0) is 10.0 Å². The van der Waals surface area contributed by atoms with Crippen LogP contribution in [0.3, 0.4) is 0 Å². The first-order valence-corrected chi connectivity index (χ1v) is 8.24. The smallest absolute Gasteiger partial charge is 0.209 e. The second kappa shape index (κ2) is 5.60. The Bertz CT molecular complexity index is 572. The monoisotopic (exact) mass is 304 g/mol. The van der Waals surface area contributed by atoms with E-state index in [1.54, 1.807) is 0 Å². The topological polar surface area (TPSA) is 98.0 Å². The minimum Gasteiger partial charge on any atom is -0.370 e. The van der Waals surface area contributed by atoms with Gasteiger partial charge in [0.1, 0.15) is 16.8 Å². The van der Waals surface area contributed by atoms with Gasteiger partial charge in [0.2, 0.25) is 10.0 Å². The van der Waals surface area contributed by atoms with Crippen molar-refractivity contribution in [2.45, 2.75) is 32.1 Å². The predicted octanol–water partition coefficient (Wildman–Crippen LogP) is 1.41. The van der Waals surface area contributed by atoms with Crippen LogP contribution in [0.15, 0.2) is 0 Å². The summed E-state index contributed by atoms with van der Waals surface area (Å²) >= 11 is 6.07. The van der Waals surface area contributed by atoms with Crippen molar-refractivity contribution in [3.05, 3.63) is 16.5 Å². The van der Waals surface area contributed by atoms with Gasteiger partial charge in [0, 0.05) is 18.0 Å². The van der Waals surface area contributed by atoms with E-state index >= 15 is 0 Å². The SMILES string of the molecule is Cc1c(Cl)nc(C2CC2)nc1NCCCS(N)(=O)=O. The van der Waals surface area contributed by atoms with E-state index < -0.39 is 10.0 Å². The third kappa shape index (κ3) is 4.29. The summed E-state index contributed by atoms with van der Waals surface area (Å²) < 4.78 is 21.6. The molecular formula is C11H17ClN4O2S. The summed E-state index contributed by atoms with van der Waals surface area (Å²) in [5, 5.41) is 8.48. The largest absolute Gasteiger partial charge is 0.370 e. The number of hydrogen-bond acceptors (Lipinski definition) is 5. The molecule has 0 bridgehead atoms. The highest BCUT2D eigenvalue weighted by atomic mass is 35.5. The average Bonchev–Trinajstić information content (AvgIpc) is 3.12. The van der Waals surface area contributed by atoms with Gasteiger partial charge in [0.15, 0.2) is 0 Å². The van der Waals surface area contributed by atoms with Crippen LogP contribution < -0.4 is 10.5 Å². The Hall–Kier alpha value is -0.920. The number of primary sulfonamides is 1. The maximum atomic E-state index is 10.8. The number of rotatable bonds is 6. The van der Waals surface area contributed by atoms with E-state index in [1.165, 1.54) is 0 Å². The van der Waals surface area contributed by atoms with Crippen molar-refractivity contribution in [2.24, 2.45) is 5.14 Å². The van der Waals surface area contributed by atoms with Crippen LogP contribution >= 0.6 is 11.6 Å². The third-order valence-electron chi connectivity index (χ3n) is 2.94. The van der Waals surface area contributed by atoms with Crippen molar-refractivity contribution in [1.82, 2.24) is 9.97 Å². The Morgan fingerprint density at radius 1 is 1.42 bits per heavy atom. The van der Waals surface area contributed by atoms with Gasteiger partial charge in [-0.2, -0.15) is 0 Å². The standard InChI is InChI=1S/C11H17ClN4O2S/c1-7-9(12)15-11(8-3-4-8)16-10(7)14-5-2-6-19(13,17)18/h8H,2-6H2,1H3,(H2,13,17,18)(H,14,15,16). The highest BCUT2D eigenvalue weighted by Gasteiger charge is 2.27. The van der Waals surface area contributed by atoms with Crippen LogP contribution in [0, 0.1) is 6.92 Å². The summed E-state index contributed by atoms with van der Waals surface area (Å²) in [5.41, 5.74) is 0.779. The molecule has 6 nitrogen and oxygen atoms in total. The summed E-state index contributed by atoms with van der Waals surface area (Å²) in [5.74, 6) is 1.82. The number of anilines is 1. The van der Waals surface area contributed by atoms with E-state index in [0.717, 1.165) is 24.2 Å². The Morgan fingerprint density at radius 3 is 2.68 bits per heavy atom. The molecular weight excluding hydrogens is 288 g/mol. The number of nitrogens with two attached hydrogens (primary N) is 1. The molecule has 0 unspecified atom stereocenters. The van der Waals surface area contributed by atoms with Crippen molar-refractivity contribution >= 4 is 27.4 Å². The predicted molar refractivity (Wildman–Crippen MR) is 74.8 cm³/mol. The molecule has 0 atom stereocenters. The molecule has 0 saturated heterocycles. The normalized spacial score (nSPS) is 15.5.